The molecule has 0 bridgehead atoms. The molecule has 0 fully saturated rings. The van der Waals surface area contributed by atoms with Crippen molar-refractivity contribution < 1.29 is 4.79 Å². The monoisotopic (exact) mass is 259 g/mol. The number of carbonyl (C=O) groups is 1. The summed E-state index contributed by atoms with van der Waals surface area (Å²) in [5.41, 5.74) is 0. The average Bonchev–Trinajstić information content (AvgIpc) is 1.37. The average molecular weight is 258 g/mol. The molecule has 0 unspecified atom stereocenters. The van der Waals surface area contributed by atoms with Gasteiger partial charge in [-0.05, 0) is 5.92 Å². The van der Waals surface area contributed by atoms with Crippen molar-refractivity contribution in [2.45, 2.75) is 0 Å². The van der Waals surface area contributed by atoms with Crippen LogP contribution in [0.25, 0.3) is 0 Å². The Bertz CT molecular complexity index is 52.4. The van der Waals surface area contributed by atoms with Gasteiger partial charge in [0.15, 0.2) is 6.29 Å². The summed E-state index contributed by atoms with van der Waals surface area (Å²) in [7, 11) is 0. The zero-order valence-corrected chi connectivity index (χ0v) is 7.13. The van der Waals surface area contributed by atoms with Crippen molar-refractivity contribution in [1.82, 2.24) is 0 Å². The molecule has 2 heteroatoms. The Balaban J connectivity index is 0. The van der Waals surface area contributed by atoms with Crippen LogP contribution in [0.5, 0.6) is 0 Å². The van der Waals surface area contributed by atoms with Crippen LogP contribution < -0.4 is 0 Å². The molecule has 0 N–H and O–H groups in total. The van der Waals surface area contributed by atoms with Gasteiger partial charge in [-0.2, -0.15) is 0 Å². The van der Waals surface area contributed by atoms with Crippen LogP contribution in [0.3, 0.4) is 0 Å². The van der Waals surface area contributed by atoms with E-state index in [1.807, 2.05) is 0 Å². The Kier molecular flexibility index (Phi) is 15.9. The van der Waals surface area contributed by atoms with Gasteiger partial charge in [-0.25, -0.2) is 0 Å². The topological polar surface area (TPSA) is 17.1 Å². The molecule has 0 aromatic heterocycles. The van der Waals surface area contributed by atoms with Crippen molar-refractivity contribution >= 4 is 33.6 Å². The zero-order chi connectivity index (χ0) is 3.41. The molecule has 0 rings (SSSR count). The Morgan fingerprint density at radius 3 is 2.00 bits per heavy atom. The van der Waals surface area contributed by atoms with E-state index in [9.17, 15) is 0 Å². The van der Waals surface area contributed by atoms with Crippen LogP contribution >= 0.6 is 0 Å². The molecule has 0 amide bonds. The summed E-state index contributed by atoms with van der Waals surface area (Å²) in [4.78, 5) is 8.94. The van der Waals surface area contributed by atoms with Gasteiger partial charge in [-0.1, -0.05) is 0 Å². The van der Waals surface area contributed by atoms with Gasteiger partial charge < -0.3 is 0 Å². The smallest absolute Gasteiger partial charge is 0.192 e. The first-order valence-electron chi connectivity index (χ1n) is 0.813. The molecule has 0 saturated heterocycles. The minimum Gasteiger partial charge on any atom is -0.289 e. The molecule has 1 nitrogen and oxygen atoms in total. The Hall–Kier alpha value is 0.152. The molecule has 1 radical (unpaired) electrons. The van der Waals surface area contributed by atoms with Gasteiger partial charge in [0, 0.05) is 27.3 Å². The van der Waals surface area contributed by atoms with E-state index in [1.165, 1.54) is 0 Å². The number of rotatable bonds is 0. The number of terminal acetylenes is 1. The largest absolute Gasteiger partial charge is 0.289 e. The first kappa shape index (κ1) is 8.94. The second kappa shape index (κ2) is 8.91. The van der Waals surface area contributed by atoms with Crippen LogP contribution in [-0.2, 0) is 4.79 Å². The number of carbonyl (C=O) groups excluding carboxylic acids is 1. The van der Waals surface area contributed by atoms with Gasteiger partial charge in [-0.3, -0.25) is 4.79 Å². The molecule has 0 heterocycles. The SMILES string of the molecule is C#CC=O.[Tl]. The van der Waals surface area contributed by atoms with Crippen molar-refractivity contribution in [3.05, 3.63) is 0 Å². The maximum absolute atomic E-state index is 8.94. The van der Waals surface area contributed by atoms with Crippen molar-refractivity contribution in [3.8, 4) is 12.3 Å². The van der Waals surface area contributed by atoms with Gasteiger partial charge in [0.2, 0.25) is 0 Å². The summed E-state index contributed by atoms with van der Waals surface area (Å²) >= 11 is 0. The van der Waals surface area contributed by atoms with E-state index in [2.05, 4.69) is 6.42 Å². The minimum absolute atomic E-state index is 0. The predicted octanol–water partition coefficient (Wildman–Crippen LogP) is -0.562. The van der Waals surface area contributed by atoms with Crippen LogP contribution in [0.4, 0.5) is 0 Å². The van der Waals surface area contributed by atoms with E-state index in [0.717, 1.165) is 0 Å². The van der Waals surface area contributed by atoms with Crippen LogP contribution in [0.1, 0.15) is 0 Å². The number of hydrogen-bond acceptors (Lipinski definition) is 1. The second-order valence-electron chi connectivity index (χ2n) is 0.285. The summed E-state index contributed by atoms with van der Waals surface area (Å²) in [6, 6.07) is 0. The first-order valence-corrected chi connectivity index (χ1v) is 0.813. The number of hydrogen-bond donors (Lipinski definition) is 0. The minimum atomic E-state index is 0. The van der Waals surface area contributed by atoms with E-state index in [4.69, 9.17) is 4.79 Å². The molecule has 0 aliphatic carbocycles. The molecule has 0 saturated carbocycles. The van der Waals surface area contributed by atoms with Gasteiger partial charge in [0.05, 0.1) is 0 Å². The maximum atomic E-state index is 8.94. The summed E-state index contributed by atoms with van der Waals surface area (Å²) in [5, 5.41) is 0. The van der Waals surface area contributed by atoms with Gasteiger partial charge in [0.25, 0.3) is 0 Å². The fraction of sp³-hybridized carbons (Fsp3) is 0. The summed E-state index contributed by atoms with van der Waals surface area (Å²) < 4.78 is 0. The van der Waals surface area contributed by atoms with Crippen molar-refractivity contribution in [2.75, 3.05) is 0 Å². The molecule has 0 aliphatic heterocycles. The second-order valence-corrected chi connectivity index (χ2v) is 0.285. The molecule has 0 aromatic rings. The van der Waals surface area contributed by atoms with Crippen LogP contribution in [0.15, 0.2) is 0 Å². The van der Waals surface area contributed by atoms with Gasteiger partial charge >= 0.3 is 0 Å². The number of aldehydes is 1. The van der Waals surface area contributed by atoms with Crippen molar-refractivity contribution in [1.29, 1.82) is 0 Å². The van der Waals surface area contributed by atoms with Crippen LogP contribution in [0, 0.1) is 12.3 Å². The van der Waals surface area contributed by atoms with E-state index in [1.54, 1.807) is 5.92 Å². The fourth-order valence-electron chi connectivity index (χ4n) is 0. The molecule has 0 aliphatic rings. The molecule has 0 spiro atoms. The van der Waals surface area contributed by atoms with E-state index in [0.29, 0.717) is 6.29 Å². The first-order chi connectivity index (χ1) is 1.91. The maximum Gasteiger partial charge on any atom is 0.192 e. The Morgan fingerprint density at radius 2 is 2.00 bits per heavy atom. The van der Waals surface area contributed by atoms with Crippen LogP contribution in [0.2, 0.25) is 0 Å². The molecule has 23 valence electrons. The van der Waals surface area contributed by atoms with Gasteiger partial charge in [-0.15, -0.1) is 6.42 Å². The standard InChI is InChI=1S/C3H2O.Tl/c1-2-3-4;/h1,3H;. The summed E-state index contributed by atoms with van der Waals surface area (Å²) in [5.74, 6) is 1.75. The third-order valence-electron chi connectivity index (χ3n) is 0.0680. The Morgan fingerprint density at radius 1 is 1.80 bits per heavy atom. The molecular formula is C3H2OTl. The fourth-order valence-corrected chi connectivity index (χ4v) is 0. The van der Waals surface area contributed by atoms with E-state index < -0.39 is 0 Å². The normalized spacial score (nSPS) is 3.00. The summed E-state index contributed by atoms with van der Waals surface area (Å²) in [6.45, 7) is 0. The summed E-state index contributed by atoms with van der Waals surface area (Å²) in [6.07, 6.45) is 4.81. The van der Waals surface area contributed by atoms with Crippen molar-refractivity contribution in [3.63, 3.8) is 0 Å². The van der Waals surface area contributed by atoms with Gasteiger partial charge in [0.1, 0.15) is 0 Å². The zero-order valence-electron chi connectivity index (χ0n) is 2.64. The van der Waals surface area contributed by atoms with E-state index in [-0.39, 0.29) is 27.3 Å². The third kappa shape index (κ3) is 14.5. The Labute approximate surface area is 50.9 Å². The molecule has 0 atom stereocenters. The molecule has 0 aromatic carbocycles. The molecular weight excluding hydrogens is 256 g/mol. The van der Waals surface area contributed by atoms with Crippen LogP contribution in [-0.4, -0.2) is 33.6 Å². The van der Waals surface area contributed by atoms with Crippen molar-refractivity contribution in [2.24, 2.45) is 0 Å². The van der Waals surface area contributed by atoms with E-state index >= 15 is 0 Å². The predicted molar refractivity (Wildman–Crippen MR) is 20.7 cm³/mol. The third-order valence-corrected chi connectivity index (χ3v) is 0.0680. The quantitative estimate of drug-likeness (QED) is 0.323. The molecule has 5 heavy (non-hydrogen) atoms.